The molecule has 1 aliphatic heterocycles. The molecular formula is C13H26N2O5S. The minimum Gasteiger partial charge on any atom is -0.444 e. The van der Waals surface area contributed by atoms with Crippen molar-refractivity contribution in [2.75, 3.05) is 25.4 Å². The Hall–Kier alpha value is -0.860. The van der Waals surface area contributed by atoms with Gasteiger partial charge in [-0.15, -0.1) is 0 Å². The van der Waals surface area contributed by atoms with Crippen LogP contribution in [0.15, 0.2) is 0 Å². The van der Waals surface area contributed by atoms with Gasteiger partial charge in [-0.25, -0.2) is 4.79 Å². The fraction of sp³-hybridized carbons (Fsp3) is 0.923. The average Bonchev–Trinajstić information content (AvgIpc) is 2.27. The molecule has 8 heteroatoms. The third kappa shape index (κ3) is 8.90. The number of ether oxygens (including phenoxy) is 1. The first-order valence-corrected chi connectivity index (χ1v) is 8.83. The molecule has 0 unspecified atom stereocenters. The van der Waals surface area contributed by atoms with Crippen LogP contribution in [0.2, 0.25) is 0 Å². The lowest BCUT2D eigenvalue weighted by Gasteiger charge is -2.32. The van der Waals surface area contributed by atoms with Crippen molar-refractivity contribution in [2.24, 2.45) is 0 Å². The van der Waals surface area contributed by atoms with Gasteiger partial charge < -0.3 is 15.0 Å². The molecular weight excluding hydrogens is 296 g/mol. The quantitative estimate of drug-likeness (QED) is 0.740. The zero-order valence-electron chi connectivity index (χ0n) is 13.0. The molecule has 0 aromatic carbocycles. The van der Waals surface area contributed by atoms with Gasteiger partial charge in [0.15, 0.2) is 0 Å². The molecule has 0 radical (unpaired) electrons. The molecule has 1 saturated heterocycles. The Morgan fingerprint density at radius 3 is 2.38 bits per heavy atom. The van der Waals surface area contributed by atoms with E-state index in [0.717, 1.165) is 25.9 Å². The van der Waals surface area contributed by atoms with Crippen LogP contribution in [0, 0.1) is 0 Å². The molecule has 21 heavy (non-hydrogen) atoms. The van der Waals surface area contributed by atoms with E-state index in [0.29, 0.717) is 13.0 Å². The van der Waals surface area contributed by atoms with Gasteiger partial charge in [0.2, 0.25) is 0 Å². The molecule has 1 rings (SSSR count). The van der Waals surface area contributed by atoms with Crippen LogP contribution in [0.1, 0.15) is 40.0 Å². The number of nitrogens with one attached hydrogen (secondary N) is 1. The van der Waals surface area contributed by atoms with E-state index in [1.54, 1.807) is 0 Å². The first kappa shape index (κ1) is 18.2. The molecule has 0 saturated carbocycles. The van der Waals surface area contributed by atoms with Crippen LogP contribution in [0.25, 0.3) is 0 Å². The van der Waals surface area contributed by atoms with E-state index < -0.39 is 21.8 Å². The van der Waals surface area contributed by atoms with E-state index in [1.807, 2.05) is 20.8 Å². The Morgan fingerprint density at radius 1 is 1.33 bits per heavy atom. The SMILES string of the molecule is CC(C)(C)OC(=O)NC1CCN(CCCS(=O)(=O)O)CC1. The van der Waals surface area contributed by atoms with Crippen LogP contribution < -0.4 is 5.32 Å². The molecule has 1 amide bonds. The van der Waals surface area contributed by atoms with E-state index in [-0.39, 0.29) is 11.8 Å². The molecule has 0 atom stereocenters. The van der Waals surface area contributed by atoms with Crippen molar-refractivity contribution in [2.45, 2.75) is 51.7 Å². The number of likely N-dealkylation sites (tertiary alicyclic amines) is 1. The smallest absolute Gasteiger partial charge is 0.407 e. The van der Waals surface area contributed by atoms with E-state index in [1.165, 1.54) is 0 Å². The van der Waals surface area contributed by atoms with Gasteiger partial charge >= 0.3 is 6.09 Å². The predicted molar refractivity (Wildman–Crippen MR) is 79.9 cm³/mol. The summed E-state index contributed by atoms with van der Waals surface area (Å²) in [5, 5.41) is 2.85. The molecule has 1 heterocycles. The normalized spacial score (nSPS) is 18.5. The summed E-state index contributed by atoms with van der Waals surface area (Å²) in [6.07, 6.45) is 1.64. The minimum atomic E-state index is -3.87. The number of amides is 1. The maximum absolute atomic E-state index is 11.6. The Labute approximate surface area is 126 Å². The molecule has 1 fully saturated rings. The third-order valence-electron chi connectivity index (χ3n) is 3.19. The number of hydrogen-bond donors (Lipinski definition) is 2. The summed E-state index contributed by atoms with van der Waals surface area (Å²) in [5.74, 6) is -0.205. The second-order valence-corrected chi connectivity index (χ2v) is 7.97. The van der Waals surface area contributed by atoms with Gasteiger partial charge in [0.25, 0.3) is 10.1 Å². The molecule has 2 N–H and O–H groups in total. The van der Waals surface area contributed by atoms with Gasteiger partial charge in [-0.1, -0.05) is 0 Å². The first-order chi connectivity index (χ1) is 9.55. The zero-order valence-corrected chi connectivity index (χ0v) is 13.8. The predicted octanol–water partition coefficient (Wildman–Crippen LogP) is 1.25. The summed E-state index contributed by atoms with van der Waals surface area (Å²) < 4.78 is 35.2. The van der Waals surface area contributed by atoms with E-state index in [2.05, 4.69) is 10.2 Å². The van der Waals surface area contributed by atoms with Gasteiger partial charge in [-0.3, -0.25) is 4.55 Å². The maximum Gasteiger partial charge on any atom is 0.407 e. The van der Waals surface area contributed by atoms with Gasteiger partial charge in [-0.05, 0) is 46.6 Å². The fourth-order valence-electron chi connectivity index (χ4n) is 2.25. The number of piperidine rings is 1. The zero-order chi connectivity index (χ0) is 16.1. The summed E-state index contributed by atoms with van der Waals surface area (Å²) in [7, 11) is -3.87. The number of rotatable bonds is 5. The summed E-state index contributed by atoms with van der Waals surface area (Å²) in [5.41, 5.74) is -0.499. The minimum absolute atomic E-state index is 0.0951. The van der Waals surface area contributed by atoms with Gasteiger partial charge in [-0.2, -0.15) is 8.42 Å². The average molecular weight is 322 g/mol. The van der Waals surface area contributed by atoms with Crippen LogP contribution in [0.4, 0.5) is 4.79 Å². The van der Waals surface area contributed by atoms with Crippen molar-refractivity contribution in [3.05, 3.63) is 0 Å². The highest BCUT2D eigenvalue weighted by atomic mass is 32.2. The van der Waals surface area contributed by atoms with E-state index in [4.69, 9.17) is 9.29 Å². The number of carbonyl (C=O) groups is 1. The van der Waals surface area contributed by atoms with Crippen molar-refractivity contribution in [3.63, 3.8) is 0 Å². The number of hydrogen-bond acceptors (Lipinski definition) is 5. The molecule has 0 spiro atoms. The lowest BCUT2D eigenvalue weighted by molar-refractivity contribution is 0.0479. The summed E-state index contributed by atoms with van der Waals surface area (Å²) in [6, 6.07) is 0.0951. The van der Waals surface area contributed by atoms with Crippen LogP contribution in [-0.4, -0.2) is 61.0 Å². The number of alkyl carbamates (subject to hydrolysis) is 1. The molecule has 124 valence electrons. The number of carbonyl (C=O) groups excluding carboxylic acids is 1. The molecule has 0 aromatic heterocycles. The first-order valence-electron chi connectivity index (χ1n) is 7.22. The summed E-state index contributed by atoms with van der Waals surface area (Å²) in [6.45, 7) is 7.70. The second kappa shape index (κ2) is 7.42. The van der Waals surface area contributed by atoms with Crippen molar-refractivity contribution < 1.29 is 22.5 Å². The summed E-state index contributed by atoms with van der Waals surface area (Å²) >= 11 is 0. The van der Waals surface area contributed by atoms with Crippen molar-refractivity contribution in [1.82, 2.24) is 10.2 Å². The van der Waals surface area contributed by atoms with E-state index in [9.17, 15) is 13.2 Å². The monoisotopic (exact) mass is 322 g/mol. The van der Waals surface area contributed by atoms with E-state index >= 15 is 0 Å². The third-order valence-corrected chi connectivity index (χ3v) is 3.99. The fourth-order valence-corrected chi connectivity index (χ4v) is 2.74. The summed E-state index contributed by atoms with van der Waals surface area (Å²) in [4.78, 5) is 13.8. The van der Waals surface area contributed by atoms with Crippen LogP contribution in [0.3, 0.4) is 0 Å². The van der Waals surface area contributed by atoms with Crippen molar-refractivity contribution in [3.8, 4) is 0 Å². The highest BCUT2D eigenvalue weighted by Crippen LogP contribution is 2.12. The van der Waals surface area contributed by atoms with Gasteiger partial charge in [0.1, 0.15) is 5.60 Å². The topological polar surface area (TPSA) is 95.9 Å². The van der Waals surface area contributed by atoms with Gasteiger partial charge in [0, 0.05) is 19.1 Å². The Morgan fingerprint density at radius 2 is 1.90 bits per heavy atom. The van der Waals surface area contributed by atoms with Crippen LogP contribution >= 0.6 is 0 Å². The van der Waals surface area contributed by atoms with Gasteiger partial charge in [0.05, 0.1) is 5.75 Å². The van der Waals surface area contributed by atoms with Crippen LogP contribution in [0.5, 0.6) is 0 Å². The lowest BCUT2D eigenvalue weighted by Crippen LogP contribution is -2.46. The van der Waals surface area contributed by atoms with Crippen LogP contribution in [-0.2, 0) is 14.9 Å². The molecule has 1 aliphatic rings. The highest BCUT2D eigenvalue weighted by Gasteiger charge is 2.23. The molecule has 0 bridgehead atoms. The van der Waals surface area contributed by atoms with Crippen molar-refractivity contribution in [1.29, 1.82) is 0 Å². The molecule has 7 nitrogen and oxygen atoms in total. The molecule has 0 aliphatic carbocycles. The number of nitrogens with zero attached hydrogens (tertiary/aromatic N) is 1. The Kier molecular flexibility index (Phi) is 6.42. The Bertz CT molecular complexity index is 436. The standard InChI is InChI=1S/C13H26N2O5S/c1-13(2,3)20-12(16)14-11-5-8-15(9-6-11)7-4-10-21(17,18)19/h11H,4-10H2,1-3H3,(H,14,16)(H,17,18,19). The second-order valence-electron chi connectivity index (χ2n) is 6.40. The highest BCUT2D eigenvalue weighted by molar-refractivity contribution is 7.85. The molecule has 0 aromatic rings. The van der Waals surface area contributed by atoms with Crippen molar-refractivity contribution >= 4 is 16.2 Å². The Balaban J connectivity index is 2.22. The lowest BCUT2D eigenvalue weighted by atomic mass is 10.1. The maximum atomic E-state index is 11.6. The largest absolute Gasteiger partial charge is 0.444 e.